The van der Waals surface area contributed by atoms with Gasteiger partial charge in [-0.25, -0.2) is 10.2 Å². The van der Waals surface area contributed by atoms with Gasteiger partial charge < -0.3 is 4.90 Å². The molecule has 8 heteroatoms. The van der Waals surface area contributed by atoms with Crippen molar-refractivity contribution in [3.63, 3.8) is 0 Å². The van der Waals surface area contributed by atoms with E-state index in [9.17, 15) is 9.59 Å². The lowest BCUT2D eigenvalue weighted by Crippen LogP contribution is -2.31. The first-order chi connectivity index (χ1) is 8.20. The first kappa shape index (κ1) is 11.5. The maximum absolute atomic E-state index is 11.8. The summed E-state index contributed by atoms with van der Waals surface area (Å²) in [4.78, 5) is 24.5. The van der Waals surface area contributed by atoms with Crippen LogP contribution in [0, 0.1) is 0 Å². The normalized spacial score (nSPS) is 15.0. The summed E-state index contributed by atoms with van der Waals surface area (Å²) >= 11 is 0. The van der Waals surface area contributed by atoms with Gasteiger partial charge in [-0.3, -0.25) is 14.8 Å². The van der Waals surface area contributed by atoms with Crippen LogP contribution >= 0.6 is 0 Å². The molecule has 1 fully saturated rings. The Kier molecular flexibility index (Phi) is 3.33. The highest BCUT2D eigenvalue weighted by Gasteiger charge is 2.19. The van der Waals surface area contributed by atoms with E-state index in [0.29, 0.717) is 0 Å². The first-order valence-electron chi connectivity index (χ1n) is 5.33. The smallest absolute Gasteiger partial charge is 0.296 e. The maximum Gasteiger partial charge on any atom is 0.296 e. The average Bonchev–Trinajstić information content (AvgIpc) is 2.98. The van der Waals surface area contributed by atoms with Gasteiger partial charge in [0.25, 0.3) is 5.91 Å². The van der Waals surface area contributed by atoms with E-state index in [0.717, 1.165) is 25.9 Å². The maximum atomic E-state index is 11.8. The number of likely N-dealkylation sites (tertiary alicyclic amines) is 1. The third kappa shape index (κ3) is 2.59. The molecule has 1 saturated heterocycles. The van der Waals surface area contributed by atoms with Gasteiger partial charge in [-0.1, -0.05) is 5.21 Å². The molecule has 8 nitrogen and oxygen atoms in total. The fourth-order valence-corrected chi connectivity index (χ4v) is 1.74. The van der Waals surface area contributed by atoms with Crippen LogP contribution in [0.4, 0.5) is 0 Å². The summed E-state index contributed by atoms with van der Waals surface area (Å²) in [5.74, 6) is -0.784. The molecule has 17 heavy (non-hydrogen) atoms. The Hall–Kier alpha value is -1.96. The fraction of sp³-hybridized carbons (Fsp3) is 0.556. The minimum atomic E-state index is -0.745. The Balaban J connectivity index is 1.96. The second kappa shape index (κ2) is 4.91. The van der Waals surface area contributed by atoms with Crippen LogP contribution in [-0.2, 0) is 11.3 Å². The van der Waals surface area contributed by atoms with Gasteiger partial charge in [0.2, 0.25) is 5.91 Å². The second-order valence-electron chi connectivity index (χ2n) is 3.83. The molecule has 1 aromatic heterocycles. The van der Waals surface area contributed by atoms with Gasteiger partial charge in [-0.2, -0.15) is 0 Å². The number of rotatable bonds is 3. The van der Waals surface area contributed by atoms with Gasteiger partial charge in [0.1, 0.15) is 6.54 Å². The minimum absolute atomic E-state index is 0.0262. The van der Waals surface area contributed by atoms with Crippen LogP contribution in [0.15, 0.2) is 6.20 Å². The highest BCUT2D eigenvalue weighted by molar-refractivity contribution is 5.90. The fourth-order valence-electron chi connectivity index (χ4n) is 1.74. The van der Waals surface area contributed by atoms with Crippen LogP contribution < -0.4 is 5.48 Å². The summed E-state index contributed by atoms with van der Waals surface area (Å²) in [6.45, 7) is 1.61. The zero-order valence-electron chi connectivity index (χ0n) is 9.17. The van der Waals surface area contributed by atoms with Crippen molar-refractivity contribution < 1.29 is 14.8 Å². The topological polar surface area (TPSA) is 100 Å². The van der Waals surface area contributed by atoms with E-state index in [1.807, 2.05) is 0 Å². The zero-order chi connectivity index (χ0) is 12.3. The van der Waals surface area contributed by atoms with Gasteiger partial charge in [0, 0.05) is 13.1 Å². The summed E-state index contributed by atoms with van der Waals surface area (Å²) < 4.78 is 1.28. The van der Waals surface area contributed by atoms with E-state index >= 15 is 0 Å². The standard InChI is InChI=1S/C9H13N5O3/c15-8(13-3-1-2-4-13)6-14-5-7(10-12-14)9(16)11-17/h5,17H,1-4,6H2,(H,11,16). The number of amides is 2. The van der Waals surface area contributed by atoms with Crippen molar-refractivity contribution in [2.75, 3.05) is 13.1 Å². The molecular formula is C9H13N5O3. The highest BCUT2D eigenvalue weighted by Crippen LogP contribution is 2.08. The number of hydroxylamine groups is 1. The van der Waals surface area contributed by atoms with E-state index in [1.54, 1.807) is 4.90 Å². The van der Waals surface area contributed by atoms with Crippen LogP contribution in [0.1, 0.15) is 23.3 Å². The van der Waals surface area contributed by atoms with Gasteiger partial charge in [-0.15, -0.1) is 5.10 Å². The van der Waals surface area contributed by atoms with Gasteiger partial charge in [-0.05, 0) is 12.8 Å². The predicted molar refractivity (Wildman–Crippen MR) is 55.1 cm³/mol. The molecule has 0 unspecified atom stereocenters. The SMILES string of the molecule is O=C(NO)c1cn(CC(=O)N2CCCC2)nn1. The number of hydrogen-bond acceptors (Lipinski definition) is 5. The summed E-state index contributed by atoms with van der Waals surface area (Å²) in [6, 6.07) is 0. The zero-order valence-corrected chi connectivity index (χ0v) is 9.17. The molecule has 2 rings (SSSR count). The summed E-state index contributed by atoms with van der Waals surface area (Å²) in [5, 5.41) is 15.6. The van der Waals surface area contributed by atoms with E-state index in [2.05, 4.69) is 10.3 Å². The number of carbonyl (C=O) groups is 2. The van der Waals surface area contributed by atoms with Crippen molar-refractivity contribution in [1.29, 1.82) is 0 Å². The summed E-state index contributed by atoms with van der Waals surface area (Å²) in [6.07, 6.45) is 3.38. The van der Waals surface area contributed by atoms with Crippen LogP contribution in [-0.4, -0.2) is 50.0 Å². The number of nitrogens with one attached hydrogen (secondary N) is 1. The van der Waals surface area contributed by atoms with Crippen LogP contribution in [0.2, 0.25) is 0 Å². The van der Waals surface area contributed by atoms with Crippen molar-refractivity contribution in [1.82, 2.24) is 25.4 Å². The summed E-state index contributed by atoms with van der Waals surface area (Å²) in [7, 11) is 0. The van der Waals surface area contributed by atoms with Crippen molar-refractivity contribution in [2.45, 2.75) is 19.4 Å². The van der Waals surface area contributed by atoms with Crippen molar-refractivity contribution in [3.8, 4) is 0 Å². The lowest BCUT2D eigenvalue weighted by Gasteiger charge is -2.14. The predicted octanol–water partition coefficient (Wildman–Crippen LogP) is -0.981. The molecule has 0 aliphatic carbocycles. The van der Waals surface area contributed by atoms with Gasteiger partial charge in [0.05, 0.1) is 6.20 Å². The third-order valence-electron chi connectivity index (χ3n) is 2.63. The largest absolute Gasteiger partial charge is 0.341 e. The Labute approximate surface area is 97.2 Å². The molecular weight excluding hydrogens is 226 g/mol. The molecule has 2 amide bonds. The van der Waals surface area contributed by atoms with Crippen molar-refractivity contribution in [3.05, 3.63) is 11.9 Å². The molecule has 0 saturated carbocycles. The Morgan fingerprint density at radius 3 is 2.76 bits per heavy atom. The molecule has 0 atom stereocenters. The molecule has 0 bridgehead atoms. The molecule has 0 aromatic carbocycles. The van der Waals surface area contributed by atoms with E-state index in [4.69, 9.17) is 5.21 Å². The van der Waals surface area contributed by atoms with Crippen LogP contribution in [0.3, 0.4) is 0 Å². The molecule has 1 aliphatic rings. The van der Waals surface area contributed by atoms with Crippen LogP contribution in [0.25, 0.3) is 0 Å². The third-order valence-corrected chi connectivity index (χ3v) is 2.63. The summed E-state index contributed by atoms with van der Waals surface area (Å²) in [5.41, 5.74) is 1.43. The molecule has 2 N–H and O–H groups in total. The number of carbonyl (C=O) groups excluding carboxylic acids is 2. The number of aromatic nitrogens is 3. The van der Waals surface area contributed by atoms with Gasteiger partial charge >= 0.3 is 0 Å². The van der Waals surface area contributed by atoms with E-state index in [1.165, 1.54) is 16.4 Å². The Morgan fingerprint density at radius 1 is 1.41 bits per heavy atom. The van der Waals surface area contributed by atoms with Crippen molar-refractivity contribution >= 4 is 11.8 Å². The lowest BCUT2D eigenvalue weighted by molar-refractivity contribution is -0.130. The minimum Gasteiger partial charge on any atom is -0.341 e. The lowest BCUT2D eigenvalue weighted by atomic mass is 10.4. The second-order valence-corrected chi connectivity index (χ2v) is 3.83. The molecule has 92 valence electrons. The monoisotopic (exact) mass is 239 g/mol. The van der Waals surface area contributed by atoms with Gasteiger partial charge in [0.15, 0.2) is 5.69 Å². The number of nitrogens with zero attached hydrogens (tertiary/aromatic N) is 4. The first-order valence-corrected chi connectivity index (χ1v) is 5.33. The molecule has 1 aromatic rings. The quantitative estimate of drug-likeness (QED) is 0.521. The Bertz CT molecular complexity index is 424. The molecule has 2 heterocycles. The van der Waals surface area contributed by atoms with Crippen LogP contribution in [0.5, 0.6) is 0 Å². The average molecular weight is 239 g/mol. The van der Waals surface area contributed by atoms with Crippen molar-refractivity contribution in [2.24, 2.45) is 0 Å². The number of hydrogen-bond donors (Lipinski definition) is 2. The highest BCUT2D eigenvalue weighted by atomic mass is 16.5. The molecule has 0 spiro atoms. The van der Waals surface area contributed by atoms with E-state index in [-0.39, 0.29) is 18.1 Å². The molecule has 1 aliphatic heterocycles. The van der Waals surface area contributed by atoms with E-state index < -0.39 is 5.91 Å². The molecule has 0 radical (unpaired) electrons. The Morgan fingerprint density at radius 2 is 2.12 bits per heavy atom.